The fourth-order valence-electron chi connectivity index (χ4n) is 1.41. The van der Waals surface area contributed by atoms with E-state index < -0.39 is 49.1 Å². The summed E-state index contributed by atoms with van der Waals surface area (Å²) in [6.07, 6.45) is -4.22. The molecule has 0 fully saturated rings. The van der Waals surface area contributed by atoms with Crippen molar-refractivity contribution in [2.75, 3.05) is 6.26 Å². The monoisotopic (exact) mass is 393 g/mol. The lowest BCUT2D eigenvalue weighted by Crippen LogP contribution is -2.19. The molecule has 132 valence electrons. The lowest BCUT2D eigenvalue weighted by atomic mass is 10.1. The minimum atomic E-state index is -5.13. The molecule has 0 heterocycles. The molecule has 0 aliphatic carbocycles. The first-order valence-corrected chi connectivity index (χ1v) is 7.13. The van der Waals surface area contributed by atoms with Gasteiger partial charge >= 0.3 is 22.8 Å². The number of nitro groups is 2. The maximum Gasteiger partial charge on any atom is 0.416 e. The Morgan fingerprint density at radius 2 is 1.54 bits per heavy atom. The van der Waals surface area contributed by atoms with Crippen LogP contribution in [0.2, 0.25) is 0 Å². The van der Waals surface area contributed by atoms with E-state index in [1.165, 1.54) is 0 Å². The number of rotatable bonds is 5. The highest BCUT2D eigenvalue weighted by atomic mass is 35.5. The third kappa shape index (κ3) is 4.29. The zero-order valence-corrected chi connectivity index (χ0v) is 12.9. The molecular weight excluding hydrogens is 389 g/mol. The van der Waals surface area contributed by atoms with Crippen molar-refractivity contribution in [1.82, 2.24) is 0 Å². The molecule has 1 aromatic carbocycles. The topological polar surface area (TPSA) is 98.6 Å². The molecule has 24 heavy (non-hydrogen) atoms. The van der Waals surface area contributed by atoms with Gasteiger partial charge in [-0.25, -0.2) is 4.99 Å². The van der Waals surface area contributed by atoms with Gasteiger partial charge in [0.1, 0.15) is 0 Å². The van der Waals surface area contributed by atoms with Crippen LogP contribution in [-0.2, 0) is 6.18 Å². The summed E-state index contributed by atoms with van der Waals surface area (Å²) in [6.45, 7) is 0. The summed E-state index contributed by atoms with van der Waals surface area (Å²) in [7, 11) is 0. The van der Waals surface area contributed by atoms with Crippen LogP contribution in [0.25, 0.3) is 0 Å². The van der Waals surface area contributed by atoms with Gasteiger partial charge in [0.05, 0.1) is 15.4 Å². The van der Waals surface area contributed by atoms with Crippen LogP contribution in [0, 0.1) is 20.2 Å². The molecule has 0 saturated carbocycles. The second-order valence-corrected chi connectivity index (χ2v) is 5.28. The summed E-state index contributed by atoms with van der Waals surface area (Å²) < 4.78 is 64.7. The van der Waals surface area contributed by atoms with Crippen molar-refractivity contribution in [1.29, 1.82) is 0 Å². The van der Waals surface area contributed by atoms with Crippen molar-refractivity contribution in [3.63, 3.8) is 0 Å². The van der Waals surface area contributed by atoms with Crippen molar-refractivity contribution >= 4 is 45.6 Å². The maximum absolute atomic E-state index is 13.3. The van der Waals surface area contributed by atoms with Crippen LogP contribution in [-0.4, -0.2) is 26.5 Å². The van der Waals surface area contributed by atoms with Crippen LogP contribution in [0.1, 0.15) is 5.56 Å². The number of alkyl halides is 5. The third-order valence-corrected chi connectivity index (χ3v) is 3.64. The number of nitro benzene ring substituents is 2. The molecule has 0 atom stereocenters. The first-order valence-electron chi connectivity index (χ1n) is 5.53. The highest BCUT2D eigenvalue weighted by Crippen LogP contribution is 2.44. The number of thioether (sulfide) groups is 1. The van der Waals surface area contributed by atoms with E-state index in [0.717, 1.165) is 6.26 Å². The van der Waals surface area contributed by atoms with Gasteiger partial charge in [0.25, 0.3) is 0 Å². The molecular formula is C10H5ClF5N3O4S. The molecule has 0 amide bonds. The summed E-state index contributed by atoms with van der Waals surface area (Å²) in [5.74, 6) is 0. The van der Waals surface area contributed by atoms with Gasteiger partial charge in [-0.05, 0) is 6.26 Å². The van der Waals surface area contributed by atoms with Crippen LogP contribution in [0.15, 0.2) is 17.1 Å². The predicted molar refractivity (Wildman–Crippen MR) is 76.2 cm³/mol. The highest BCUT2D eigenvalue weighted by molar-refractivity contribution is 8.00. The van der Waals surface area contributed by atoms with E-state index >= 15 is 0 Å². The molecule has 0 saturated heterocycles. The van der Waals surface area contributed by atoms with Gasteiger partial charge in [0.2, 0.25) is 5.69 Å². The standard InChI is InChI=1S/C10H5ClF5N3O4S/c1-24-10(15,16)8(11)17-7-5(18(20)21)2-4(9(12,13)14)3-6(7)19(22)23/h2-3H,1H3. The Morgan fingerprint density at radius 3 is 1.83 bits per heavy atom. The van der Waals surface area contributed by atoms with Gasteiger partial charge in [-0.2, -0.15) is 22.0 Å². The molecule has 1 rings (SSSR count). The number of benzene rings is 1. The lowest BCUT2D eigenvalue weighted by molar-refractivity contribution is -0.392. The fourth-order valence-corrected chi connectivity index (χ4v) is 1.94. The lowest BCUT2D eigenvalue weighted by Gasteiger charge is -2.11. The molecule has 0 aliphatic rings. The minimum Gasteiger partial charge on any atom is -0.258 e. The first kappa shape index (κ1) is 20.0. The Balaban J connectivity index is 3.79. The van der Waals surface area contributed by atoms with E-state index in [0.29, 0.717) is 0 Å². The van der Waals surface area contributed by atoms with Gasteiger partial charge in [-0.15, -0.1) is 0 Å². The molecule has 0 aromatic heterocycles. The zero-order valence-electron chi connectivity index (χ0n) is 11.3. The highest BCUT2D eigenvalue weighted by Gasteiger charge is 2.40. The summed E-state index contributed by atoms with van der Waals surface area (Å²) >= 11 is 5.08. The van der Waals surface area contributed by atoms with Crippen molar-refractivity contribution in [3.05, 3.63) is 37.9 Å². The Hall–Kier alpha value is -2.02. The van der Waals surface area contributed by atoms with Gasteiger partial charge in [0, 0.05) is 12.1 Å². The minimum absolute atomic E-state index is 0.0484. The summed E-state index contributed by atoms with van der Waals surface area (Å²) in [4.78, 5) is 21.9. The zero-order chi connectivity index (χ0) is 18.9. The maximum atomic E-state index is 13.3. The van der Waals surface area contributed by atoms with Gasteiger partial charge < -0.3 is 0 Å². The summed E-state index contributed by atoms with van der Waals surface area (Å²) in [6, 6.07) is -0.0968. The molecule has 0 N–H and O–H groups in total. The second-order valence-electron chi connectivity index (χ2n) is 4.00. The smallest absolute Gasteiger partial charge is 0.258 e. The van der Waals surface area contributed by atoms with E-state index in [1.807, 2.05) is 0 Å². The van der Waals surface area contributed by atoms with Gasteiger partial charge in [-0.1, -0.05) is 23.4 Å². The second kappa shape index (κ2) is 6.84. The van der Waals surface area contributed by atoms with E-state index in [1.54, 1.807) is 0 Å². The van der Waals surface area contributed by atoms with E-state index in [9.17, 15) is 42.2 Å². The van der Waals surface area contributed by atoms with Crippen LogP contribution in [0.3, 0.4) is 0 Å². The predicted octanol–water partition coefficient (Wildman–Crippen LogP) is 4.75. The number of halogens is 6. The average molecular weight is 394 g/mol. The summed E-state index contributed by atoms with van der Waals surface area (Å²) in [5, 5.41) is 16.4. The van der Waals surface area contributed by atoms with Gasteiger partial charge in [-0.3, -0.25) is 20.2 Å². The van der Waals surface area contributed by atoms with Crippen molar-refractivity contribution in [3.8, 4) is 0 Å². The Labute approximate surface area is 138 Å². The first-order chi connectivity index (χ1) is 10.8. The van der Waals surface area contributed by atoms with Crippen molar-refractivity contribution in [2.45, 2.75) is 11.4 Å². The fraction of sp³-hybridized carbons (Fsp3) is 0.300. The van der Waals surface area contributed by atoms with Crippen LogP contribution >= 0.6 is 23.4 Å². The van der Waals surface area contributed by atoms with Crippen molar-refractivity contribution < 1.29 is 31.8 Å². The van der Waals surface area contributed by atoms with E-state index in [4.69, 9.17) is 11.6 Å². The summed E-state index contributed by atoms with van der Waals surface area (Å²) in [5.41, 5.74) is -5.97. The van der Waals surface area contributed by atoms with E-state index in [2.05, 4.69) is 4.99 Å². The van der Waals surface area contributed by atoms with Crippen LogP contribution in [0.5, 0.6) is 0 Å². The molecule has 0 spiro atoms. The normalized spacial score (nSPS) is 13.0. The average Bonchev–Trinajstić information content (AvgIpc) is 2.45. The molecule has 0 bridgehead atoms. The molecule has 14 heteroatoms. The Kier molecular flexibility index (Phi) is 5.71. The van der Waals surface area contributed by atoms with E-state index in [-0.39, 0.29) is 23.9 Å². The number of hydrogen-bond acceptors (Lipinski definition) is 6. The Morgan fingerprint density at radius 1 is 1.12 bits per heavy atom. The molecule has 7 nitrogen and oxygen atoms in total. The Bertz CT molecular complexity index is 690. The quantitative estimate of drug-likeness (QED) is 0.311. The number of aliphatic imine (C=N–C) groups is 1. The molecule has 0 radical (unpaired) electrons. The third-order valence-electron chi connectivity index (χ3n) is 2.50. The SMILES string of the molecule is CSC(F)(F)C(Cl)=Nc1c([N+](=O)[O-])cc(C(F)(F)F)cc1[N+](=O)[O-]. The molecule has 1 aromatic rings. The molecule has 0 aliphatic heterocycles. The van der Waals surface area contributed by atoms with Gasteiger partial charge in [0.15, 0.2) is 5.17 Å². The van der Waals surface area contributed by atoms with Crippen LogP contribution < -0.4 is 0 Å². The van der Waals surface area contributed by atoms with Crippen LogP contribution in [0.4, 0.5) is 39.0 Å². The van der Waals surface area contributed by atoms with Crippen molar-refractivity contribution in [2.24, 2.45) is 4.99 Å². The number of hydrogen-bond donors (Lipinski definition) is 0. The number of nitrogens with zero attached hydrogens (tertiary/aromatic N) is 3. The molecule has 0 unspecified atom stereocenters. The largest absolute Gasteiger partial charge is 0.416 e.